The van der Waals surface area contributed by atoms with E-state index < -0.39 is 28.0 Å². The van der Waals surface area contributed by atoms with Crippen LogP contribution < -0.4 is 5.32 Å². The fraction of sp³-hybridized carbons (Fsp3) is 0.914. The topological polar surface area (TPSA) is 104 Å². The van der Waals surface area contributed by atoms with Gasteiger partial charge in [0.2, 0.25) is 5.91 Å². The molecule has 0 spiro atoms. The van der Waals surface area contributed by atoms with Crippen molar-refractivity contribution in [2.75, 3.05) is 5.75 Å². The number of allylic oxidation sites excluding steroid dienone is 2. The molecular weight excluding hydrogens is 546 g/mol. The highest BCUT2D eigenvalue weighted by atomic mass is 32.2. The van der Waals surface area contributed by atoms with Crippen LogP contribution in [0.2, 0.25) is 0 Å². The summed E-state index contributed by atoms with van der Waals surface area (Å²) in [6, 6.07) is -0.969. The number of aliphatic hydroxyl groups is 1. The van der Waals surface area contributed by atoms with Crippen LogP contribution in [0.3, 0.4) is 0 Å². The second-order valence-electron chi connectivity index (χ2n) is 12.5. The van der Waals surface area contributed by atoms with Gasteiger partial charge in [-0.25, -0.2) is 0 Å². The van der Waals surface area contributed by atoms with E-state index in [4.69, 9.17) is 0 Å². The molecule has 0 aromatic rings. The van der Waals surface area contributed by atoms with Gasteiger partial charge in [-0.15, -0.1) is 0 Å². The lowest BCUT2D eigenvalue weighted by atomic mass is 10.0. The number of carbonyl (C=O) groups is 1. The van der Waals surface area contributed by atoms with E-state index in [1.165, 1.54) is 109 Å². The van der Waals surface area contributed by atoms with E-state index in [2.05, 4.69) is 31.3 Å². The van der Waals surface area contributed by atoms with Gasteiger partial charge in [-0.05, 0) is 38.5 Å². The van der Waals surface area contributed by atoms with Crippen LogP contribution in [0.5, 0.6) is 0 Å². The van der Waals surface area contributed by atoms with E-state index in [-0.39, 0.29) is 5.91 Å². The molecule has 6 nitrogen and oxygen atoms in total. The number of nitrogens with one attached hydrogen (secondary N) is 1. The number of amides is 1. The number of hydrogen-bond donors (Lipinski definition) is 3. The molecule has 3 N–H and O–H groups in total. The molecule has 0 saturated heterocycles. The van der Waals surface area contributed by atoms with E-state index in [9.17, 15) is 22.9 Å². The normalized spacial score (nSPS) is 13.5. The highest BCUT2D eigenvalue weighted by molar-refractivity contribution is 7.85. The van der Waals surface area contributed by atoms with Gasteiger partial charge >= 0.3 is 0 Å². The smallest absolute Gasteiger partial charge is 0.266 e. The molecule has 0 fully saturated rings. The lowest BCUT2D eigenvalue weighted by molar-refractivity contribution is -0.122. The molecule has 0 bridgehead atoms. The molecule has 0 aliphatic carbocycles. The Kier molecular flexibility index (Phi) is 29.5. The molecule has 2 atom stereocenters. The van der Waals surface area contributed by atoms with Gasteiger partial charge in [0.1, 0.15) is 0 Å². The minimum Gasteiger partial charge on any atom is -0.391 e. The van der Waals surface area contributed by atoms with Crippen LogP contribution in [0.4, 0.5) is 0 Å². The van der Waals surface area contributed by atoms with E-state index in [1.54, 1.807) is 0 Å². The first-order valence-electron chi connectivity index (χ1n) is 17.9. The highest BCUT2D eigenvalue weighted by Gasteiger charge is 2.26. The molecule has 0 saturated carbocycles. The Morgan fingerprint density at radius 2 is 1.00 bits per heavy atom. The average molecular weight is 616 g/mol. The van der Waals surface area contributed by atoms with Gasteiger partial charge in [0.15, 0.2) is 0 Å². The first-order valence-corrected chi connectivity index (χ1v) is 19.5. The Labute approximate surface area is 261 Å². The second kappa shape index (κ2) is 30.1. The molecule has 0 aromatic heterocycles. The van der Waals surface area contributed by atoms with E-state index in [0.29, 0.717) is 12.8 Å². The zero-order valence-electron chi connectivity index (χ0n) is 27.6. The third kappa shape index (κ3) is 30.5. The van der Waals surface area contributed by atoms with Gasteiger partial charge in [0, 0.05) is 6.42 Å². The third-order valence-electron chi connectivity index (χ3n) is 8.22. The van der Waals surface area contributed by atoms with Gasteiger partial charge in [-0.2, -0.15) is 8.42 Å². The molecule has 2 unspecified atom stereocenters. The minimum absolute atomic E-state index is 0.255. The van der Waals surface area contributed by atoms with Crippen molar-refractivity contribution in [3.05, 3.63) is 12.2 Å². The van der Waals surface area contributed by atoms with E-state index in [1.807, 2.05) is 0 Å². The number of aliphatic hydroxyl groups excluding tert-OH is 1. The fourth-order valence-corrected chi connectivity index (χ4v) is 6.27. The number of hydrogen-bond acceptors (Lipinski definition) is 4. The third-order valence-corrected chi connectivity index (χ3v) is 9.00. The predicted octanol–water partition coefficient (Wildman–Crippen LogP) is 9.85. The summed E-state index contributed by atoms with van der Waals surface area (Å²) in [5.74, 6) is -0.903. The van der Waals surface area contributed by atoms with Crippen molar-refractivity contribution in [2.45, 2.75) is 199 Å². The number of unbranched alkanes of at least 4 members (excludes halogenated alkanes) is 22. The van der Waals surface area contributed by atoms with Crippen molar-refractivity contribution in [2.24, 2.45) is 0 Å². The van der Waals surface area contributed by atoms with Gasteiger partial charge in [-0.1, -0.05) is 154 Å². The van der Waals surface area contributed by atoms with Crippen molar-refractivity contribution in [1.82, 2.24) is 5.32 Å². The maximum absolute atomic E-state index is 12.4. The molecule has 0 aromatic carbocycles. The van der Waals surface area contributed by atoms with E-state index >= 15 is 0 Å². The van der Waals surface area contributed by atoms with Crippen LogP contribution in [-0.4, -0.2) is 41.9 Å². The van der Waals surface area contributed by atoms with Crippen molar-refractivity contribution in [3.8, 4) is 0 Å². The van der Waals surface area contributed by atoms with Crippen LogP contribution in [-0.2, 0) is 14.9 Å². The van der Waals surface area contributed by atoms with E-state index in [0.717, 1.165) is 51.4 Å². The molecule has 0 rings (SSSR count). The molecule has 7 heteroatoms. The quantitative estimate of drug-likeness (QED) is 0.0397. The van der Waals surface area contributed by atoms with Crippen LogP contribution >= 0.6 is 0 Å². The molecule has 1 amide bonds. The number of carbonyl (C=O) groups excluding carboxylic acids is 1. The second-order valence-corrected chi connectivity index (χ2v) is 14.0. The number of rotatable bonds is 32. The Balaban J connectivity index is 3.94. The Morgan fingerprint density at radius 1 is 0.619 bits per heavy atom. The maximum atomic E-state index is 12.4. The van der Waals surface area contributed by atoms with Gasteiger partial charge in [-0.3, -0.25) is 9.35 Å². The van der Waals surface area contributed by atoms with Gasteiger partial charge < -0.3 is 10.4 Å². The summed E-state index contributed by atoms with van der Waals surface area (Å²) in [6.07, 6.45) is 34.4. The molecule has 0 heterocycles. The zero-order valence-corrected chi connectivity index (χ0v) is 28.5. The molecule has 0 aliphatic heterocycles. The molecule has 0 radical (unpaired) electrons. The molecule has 42 heavy (non-hydrogen) atoms. The first-order chi connectivity index (χ1) is 20.3. The largest absolute Gasteiger partial charge is 0.391 e. The standard InChI is InChI=1S/C35H69NO5S/c1-3-5-7-9-11-13-15-17-19-20-22-24-26-28-30-34(37)33(32-42(39,40)41)36-35(38)31-29-27-25-23-21-18-16-14-12-10-8-6-4-2/h14,16,33-34,37H,3-13,15,17-32H2,1-2H3,(H,36,38)(H,39,40,41)/b16-14-. The Hall–Kier alpha value is -0.920. The highest BCUT2D eigenvalue weighted by Crippen LogP contribution is 2.15. The monoisotopic (exact) mass is 615 g/mol. The summed E-state index contributed by atoms with van der Waals surface area (Å²) < 4.78 is 32.4. The van der Waals surface area contributed by atoms with Crippen LogP contribution in [0.15, 0.2) is 12.2 Å². The van der Waals surface area contributed by atoms with Crippen molar-refractivity contribution in [3.63, 3.8) is 0 Å². The minimum atomic E-state index is -4.30. The summed E-state index contributed by atoms with van der Waals surface area (Å²) in [7, 11) is -4.30. The van der Waals surface area contributed by atoms with Crippen LogP contribution in [0.1, 0.15) is 187 Å². The van der Waals surface area contributed by atoms with Crippen LogP contribution in [0, 0.1) is 0 Å². The Morgan fingerprint density at radius 3 is 1.45 bits per heavy atom. The van der Waals surface area contributed by atoms with Crippen molar-refractivity contribution >= 4 is 16.0 Å². The van der Waals surface area contributed by atoms with Crippen molar-refractivity contribution in [1.29, 1.82) is 0 Å². The van der Waals surface area contributed by atoms with Crippen molar-refractivity contribution < 1.29 is 22.9 Å². The summed E-state index contributed by atoms with van der Waals surface area (Å²) >= 11 is 0. The summed E-state index contributed by atoms with van der Waals surface area (Å²) in [5, 5.41) is 13.3. The summed E-state index contributed by atoms with van der Waals surface area (Å²) in [4.78, 5) is 12.4. The maximum Gasteiger partial charge on any atom is 0.266 e. The molecule has 250 valence electrons. The van der Waals surface area contributed by atoms with Gasteiger partial charge in [0.25, 0.3) is 10.1 Å². The Bertz CT molecular complexity index is 725. The lowest BCUT2D eigenvalue weighted by Gasteiger charge is -2.23. The summed E-state index contributed by atoms with van der Waals surface area (Å²) in [6.45, 7) is 4.49. The van der Waals surface area contributed by atoms with Crippen LogP contribution in [0.25, 0.3) is 0 Å². The van der Waals surface area contributed by atoms with Gasteiger partial charge in [0.05, 0.1) is 17.9 Å². The SMILES string of the molecule is CCCCCC/C=C\CCCCCCCC(=O)NC(CS(=O)(=O)O)C(O)CCCCCCCCCCCCCCCC. The average Bonchev–Trinajstić information content (AvgIpc) is 2.94. The summed E-state index contributed by atoms with van der Waals surface area (Å²) in [5.41, 5.74) is 0. The fourth-order valence-electron chi connectivity index (χ4n) is 5.51. The molecular formula is C35H69NO5S. The molecule has 0 aliphatic rings. The predicted molar refractivity (Wildman–Crippen MR) is 180 cm³/mol. The zero-order chi connectivity index (χ0) is 31.2. The first kappa shape index (κ1) is 41.1. The lowest BCUT2D eigenvalue weighted by Crippen LogP contribution is -2.47.